The van der Waals surface area contributed by atoms with Crippen molar-refractivity contribution in [1.29, 1.82) is 0 Å². The van der Waals surface area contributed by atoms with E-state index in [0.29, 0.717) is 0 Å². The van der Waals surface area contributed by atoms with Crippen molar-refractivity contribution in [2.45, 2.75) is 12.8 Å². The van der Waals surface area contributed by atoms with E-state index in [4.69, 9.17) is 0 Å². The Bertz CT molecular complexity index is 929. The minimum Gasteiger partial charge on any atom is -0.384 e. The predicted octanol–water partition coefficient (Wildman–Crippen LogP) is 5.54. The van der Waals surface area contributed by atoms with E-state index in [-0.39, 0.29) is 0 Å². The normalized spacial score (nSPS) is 10.7. The third kappa shape index (κ3) is 4.49. The van der Waals surface area contributed by atoms with E-state index in [0.717, 1.165) is 48.2 Å². The Balaban J connectivity index is 1.43. The van der Waals surface area contributed by atoms with Gasteiger partial charge < -0.3 is 10.6 Å². The summed E-state index contributed by atoms with van der Waals surface area (Å²) in [6.45, 7) is 1.78. The molecule has 2 N–H and O–H groups in total. The summed E-state index contributed by atoms with van der Waals surface area (Å²) in [6, 6.07) is 29.5. The van der Waals surface area contributed by atoms with E-state index in [1.54, 1.807) is 0 Å². The van der Waals surface area contributed by atoms with Crippen LogP contribution in [0, 0.1) is 0 Å². The lowest BCUT2D eigenvalue weighted by Crippen LogP contribution is -2.07. The van der Waals surface area contributed by atoms with Crippen LogP contribution in [0.25, 0.3) is 10.9 Å². The van der Waals surface area contributed by atoms with Crippen LogP contribution in [-0.4, -0.2) is 18.1 Å². The fourth-order valence-electron chi connectivity index (χ4n) is 3.45. The van der Waals surface area contributed by atoms with Gasteiger partial charge in [-0.3, -0.25) is 4.98 Å². The molecule has 0 aliphatic rings. The molecule has 3 nitrogen and oxygen atoms in total. The summed E-state index contributed by atoms with van der Waals surface area (Å²) in [7, 11) is 0. The van der Waals surface area contributed by atoms with Crippen molar-refractivity contribution < 1.29 is 0 Å². The van der Waals surface area contributed by atoms with Crippen LogP contribution in [0.2, 0.25) is 0 Å². The first-order chi connectivity index (χ1) is 13.9. The zero-order valence-corrected chi connectivity index (χ0v) is 15.9. The average Bonchev–Trinajstić information content (AvgIpc) is 2.76. The Morgan fingerprint density at radius 2 is 1.18 bits per heavy atom. The van der Waals surface area contributed by atoms with Gasteiger partial charge in [0.2, 0.25) is 0 Å². The van der Waals surface area contributed by atoms with Gasteiger partial charge in [0.25, 0.3) is 0 Å². The maximum atomic E-state index is 4.63. The SMILES string of the molecule is c1ccc(CCNc2ccnc3c(NCCc4ccccc4)cccc23)cc1. The zero-order chi connectivity index (χ0) is 19.0. The molecule has 4 aromatic rings. The third-order valence-corrected chi connectivity index (χ3v) is 4.91. The van der Waals surface area contributed by atoms with Crippen molar-refractivity contribution in [3.05, 3.63) is 102 Å². The Hall–Kier alpha value is -3.33. The molecule has 0 saturated heterocycles. The number of rotatable bonds is 8. The molecule has 0 fully saturated rings. The Morgan fingerprint density at radius 3 is 1.82 bits per heavy atom. The van der Waals surface area contributed by atoms with Crippen LogP contribution in [-0.2, 0) is 12.8 Å². The smallest absolute Gasteiger partial charge is 0.0953 e. The number of pyridine rings is 1. The lowest BCUT2D eigenvalue weighted by Gasteiger charge is -2.13. The molecular formula is C25H25N3. The molecule has 0 aliphatic carbocycles. The third-order valence-electron chi connectivity index (χ3n) is 4.91. The molecule has 0 amide bonds. The summed E-state index contributed by atoms with van der Waals surface area (Å²) in [6.07, 6.45) is 3.88. The summed E-state index contributed by atoms with van der Waals surface area (Å²) in [4.78, 5) is 4.63. The molecule has 1 aromatic heterocycles. The van der Waals surface area contributed by atoms with Crippen LogP contribution in [0.15, 0.2) is 91.1 Å². The topological polar surface area (TPSA) is 37.0 Å². The van der Waals surface area contributed by atoms with E-state index in [9.17, 15) is 0 Å². The van der Waals surface area contributed by atoms with Gasteiger partial charge in [-0.1, -0.05) is 72.8 Å². The van der Waals surface area contributed by atoms with E-state index in [2.05, 4.69) is 101 Å². The number of aromatic nitrogens is 1. The molecule has 28 heavy (non-hydrogen) atoms. The van der Waals surface area contributed by atoms with Gasteiger partial charge in [0.1, 0.15) is 0 Å². The fourth-order valence-corrected chi connectivity index (χ4v) is 3.45. The van der Waals surface area contributed by atoms with Crippen LogP contribution in [0.1, 0.15) is 11.1 Å². The first-order valence-corrected chi connectivity index (χ1v) is 9.83. The highest BCUT2D eigenvalue weighted by atomic mass is 14.9. The molecule has 1 heterocycles. The first-order valence-electron chi connectivity index (χ1n) is 9.83. The minimum absolute atomic E-state index is 0.885. The van der Waals surface area contributed by atoms with Crippen molar-refractivity contribution in [3.8, 4) is 0 Å². The van der Waals surface area contributed by atoms with Gasteiger partial charge in [-0.2, -0.15) is 0 Å². The Morgan fingerprint density at radius 1 is 0.571 bits per heavy atom. The van der Waals surface area contributed by atoms with Gasteiger partial charge in [-0.05, 0) is 36.1 Å². The molecule has 140 valence electrons. The highest BCUT2D eigenvalue weighted by Crippen LogP contribution is 2.27. The lowest BCUT2D eigenvalue weighted by atomic mass is 10.1. The van der Waals surface area contributed by atoms with Gasteiger partial charge in [-0.25, -0.2) is 0 Å². The molecule has 0 spiro atoms. The van der Waals surface area contributed by atoms with Crippen molar-refractivity contribution >= 4 is 22.3 Å². The summed E-state index contributed by atoms with van der Waals surface area (Å²) in [5.41, 5.74) is 5.91. The van der Waals surface area contributed by atoms with Crippen molar-refractivity contribution in [1.82, 2.24) is 4.98 Å². The Kier molecular flexibility index (Phi) is 5.83. The zero-order valence-electron chi connectivity index (χ0n) is 15.9. The van der Waals surface area contributed by atoms with Crippen LogP contribution in [0.3, 0.4) is 0 Å². The number of hydrogen-bond acceptors (Lipinski definition) is 3. The highest BCUT2D eigenvalue weighted by molar-refractivity contribution is 5.98. The fraction of sp³-hybridized carbons (Fsp3) is 0.160. The van der Waals surface area contributed by atoms with Gasteiger partial charge in [0.15, 0.2) is 0 Å². The molecule has 3 aromatic carbocycles. The van der Waals surface area contributed by atoms with Crippen LogP contribution in [0.5, 0.6) is 0 Å². The van der Waals surface area contributed by atoms with Gasteiger partial charge in [0, 0.05) is 30.4 Å². The number of para-hydroxylation sites is 1. The second-order valence-electron chi connectivity index (χ2n) is 6.89. The number of nitrogens with one attached hydrogen (secondary N) is 2. The second kappa shape index (κ2) is 9.05. The largest absolute Gasteiger partial charge is 0.384 e. The Labute approximate surface area is 166 Å². The van der Waals surface area contributed by atoms with Gasteiger partial charge in [0.05, 0.1) is 11.2 Å². The number of fused-ring (bicyclic) bond motifs is 1. The van der Waals surface area contributed by atoms with E-state index < -0.39 is 0 Å². The molecule has 0 unspecified atom stereocenters. The van der Waals surface area contributed by atoms with E-state index in [1.165, 1.54) is 11.1 Å². The number of hydrogen-bond donors (Lipinski definition) is 2. The first kappa shape index (κ1) is 18.1. The molecule has 0 aliphatic heterocycles. The number of nitrogens with zero attached hydrogens (tertiary/aromatic N) is 1. The highest BCUT2D eigenvalue weighted by Gasteiger charge is 2.06. The molecule has 4 rings (SSSR count). The molecule has 0 saturated carbocycles. The van der Waals surface area contributed by atoms with Crippen molar-refractivity contribution in [3.63, 3.8) is 0 Å². The maximum absolute atomic E-state index is 4.63. The quantitative estimate of drug-likeness (QED) is 0.429. The van der Waals surface area contributed by atoms with Crippen LogP contribution >= 0.6 is 0 Å². The number of anilines is 2. The second-order valence-corrected chi connectivity index (χ2v) is 6.89. The van der Waals surface area contributed by atoms with Crippen molar-refractivity contribution in [2.75, 3.05) is 23.7 Å². The maximum Gasteiger partial charge on any atom is 0.0953 e. The molecule has 0 radical (unpaired) electrons. The lowest BCUT2D eigenvalue weighted by molar-refractivity contribution is 1.02. The monoisotopic (exact) mass is 367 g/mol. The summed E-state index contributed by atoms with van der Waals surface area (Å²) in [5.74, 6) is 0. The minimum atomic E-state index is 0.885. The average molecular weight is 367 g/mol. The van der Waals surface area contributed by atoms with Gasteiger partial charge in [-0.15, -0.1) is 0 Å². The molecular weight excluding hydrogens is 342 g/mol. The predicted molar refractivity (Wildman–Crippen MR) is 119 cm³/mol. The molecule has 3 heteroatoms. The summed E-state index contributed by atoms with van der Waals surface area (Å²) >= 11 is 0. The van der Waals surface area contributed by atoms with E-state index in [1.807, 2.05) is 6.20 Å². The number of benzene rings is 3. The standard InChI is InChI=1S/C25H25N3/c1-3-8-20(9-4-1)14-17-26-23-16-19-28-25-22(23)12-7-13-24(25)27-18-15-21-10-5-2-6-11-21/h1-13,16,19,27H,14-15,17-18H2,(H,26,28). The molecule has 0 atom stereocenters. The summed E-state index contributed by atoms with van der Waals surface area (Å²) < 4.78 is 0. The van der Waals surface area contributed by atoms with Crippen LogP contribution < -0.4 is 10.6 Å². The van der Waals surface area contributed by atoms with Gasteiger partial charge >= 0.3 is 0 Å². The summed E-state index contributed by atoms with van der Waals surface area (Å²) in [5, 5.41) is 8.29. The van der Waals surface area contributed by atoms with Crippen LogP contribution in [0.4, 0.5) is 11.4 Å². The molecule has 0 bridgehead atoms. The van der Waals surface area contributed by atoms with Crippen molar-refractivity contribution in [2.24, 2.45) is 0 Å². The van der Waals surface area contributed by atoms with E-state index >= 15 is 0 Å².